The average molecular weight is 399 g/mol. The van der Waals surface area contributed by atoms with Crippen LogP contribution in [0.4, 0.5) is 0 Å². The number of ether oxygens (including phenoxy) is 2. The van der Waals surface area contributed by atoms with Crippen molar-refractivity contribution >= 4 is 17.7 Å². The molecule has 0 radical (unpaired) electrons. The number of carbonyl (C=O) groups is 1. The summed E-state index contributed by atoms with van der Waals surface area (Å²) in [5.41, 5.74) is 2.75. The lowest BCUT2D eigenvalue weighted by Crippen LogP contribution is -2.24. The number of nitrogens with zero attached hydrogens (tertiary/aromatic N) is 4. The zero-order valence-electron chi connectivity index (χ0n) is 15.9. The molecule has 0 spiro atoms. The first-order valence-electron chi connectivity index (χ1n) is 8.56. The highest BCUT2D eigenvalue weighted by Gasteiger charge is 2.15. The summed E-state index contributed by atoms with van der Waals surface area (Å²) in [5, 5.41) is 15.2. The number of hydrogen-bond donors (Lipinski definition) is 1. The molecule has 0 saturated carbocycles. The van der Waals surface area contributed by atoms with Crippen LogP contribution >= 0.6 is 11.8 Å². The summed E-state index contributed by atoms with van der Waals surface area (Å²) in [6.45, 7) is 2.40. The van der Waals surface area contributed by atoms with Crippen molar-refractivity contribution in [1.29, 1.82) is 0 Å². The smallest absolute Gasteiger partial charge is 0.230 e. The van der Waals surface area contributed by atoms with E-state index in [0.717, 1.165) is 22.6 Å². The summed E-state index contributed by atoms with van der Waals surface area (Å²) in [5.74, 6) is 1.49. The molecule has 3 rings (SSSR count). The second kappa shape index (κ2) is 9.23. The molecule has 0 unspecified atom stereocenters. The summed E-state index contributed by atoms with van der Waals surface area (Å²) in [6, 6.07) is 13.3. The van der Waals surface area contributed by atoms with Crippen LogP contribution in [0.15, 0.2) is 47.6 Å². The SMILES string of the molecule is COc1cccc(CNC(=O)CSc2nnnn2-c2cc(C)ccc2OC)c1. The summed E-state index contributed by atoms with van der Waals surface area (Å²) in [6.07, 6.45) is 0. The molecule has 0 aliphatic rings. The van der Waals surface area contributed by atoms with Crippen LogP contribution in [-0.2, 0) is 11.3 Å². The molecule has 1 aromatic heterocycles. The van der Waals surface area contributed by atoms with Gasteiger partial charge in [-0.05, 0) is 52.7 Å². The van der Waals surface area contributed by atoms with E-state index < -0.39 is 0 Å². The van der Waals surface area contributed by atoms with Crippen molar-refractivity contribution in [2.24, 2.45) is 0 Å². The Morgan fingerprint density at radius 1 is 1.18 bits per heavy atom. The van der Waals surface area contributed by atoms with Gasteiger partial charge in [0.05, 0.1) is 20.0 Å². The Morgan fingerprint density at radius 2 is 2.04 bits per heavy atom. The third-order valence-corrected chi connectivity index (χ3v) is 4.88. The Kier molecular flexibility index (Phi) is 6.49. The van der Waals surface area contributed by atoms with Crippen molar-refractivity contribution in [3.8, 4) is 17.2 Å². The standard InChI is InChI=1S/C19H21N5O3S/c1-13-7-8-17(27-3)16(9-13)24-19(21-22-23-24)28-12-18(25)20-11-14-5-4-6-15(10-14)26-2/h4-10H,11-12H2,1-3H3,(H,20,25). The molecule has 0 aliphatic heterocycles. The first-order valence-corrected chi connectivity index (χ1v) is 9.55. The van der Waals surface area contributed by atoms with Crippen LogP contribution in [0.25, 0.3) is 5.69 Å². The minimum atomic E-state index is -0.112. The Hall–Kier alpha value is -3.07. The lowest BCUT2D eigenvalue weighted by atomic mass is 10.2. The number of thioether (sulfide) groups is 1. The molecule has 3 aromatic rings. The second-order valence-electron chi connectivity index (χ2n) is 5.97. The third-order valence-electron chi connectivity index (χ3n) is 3.96. The van der Waals surface area contributed by atoms with Gasteiger partial charge in [0.1, 0.15) is 17.2 Å². The molecule has 8 nitrogen and oxygen atoms in total. The fourth-order valence-corrected chi connectivity index (χ4v) is 3.26. The highest BCUT2D eigenvalue weighted by Crippen LogP contribution is 2.26. The number of methoxy groups -OCH3 is 2. The van der Waals surface area contributed by atoms with Crippen molar-refractivity contribution < 1.29 is 14.3 Å². The second-order valence-corrected chi connectivity index (χ2v) is 6.91. The fourth-order valence-electron chi connectivity index (χ4n) is 2.55. The number of nitrogens with one attached hydrogen (secondary N) is 1. The maximum absolute atomic E-state index is 12.2. The molecular formula is C19H21N5O3S. The van der Waals surface area contributed by atoms with Crippen LogP contribution in [0.5, 0.6) is 11.5 Å². The molecule has 28 heavy (non-hydrogen) atoms. The van der Waals surface area contributed by atoms with Gasteiger partial charge in [-0.3, -0.25) is 4.79 Å². The minimum Gasteiger partial charge on any atom is -0.497 e. The Bertz CT molecular complexity index is 960. The van der Waals surface area contributed by atoms with E-state index in [1.807, 2.05) is 49.4 Å². The number of carbonyl (C=O) groups excluding carboxylic acids is 1. The van der Waals surface area contributed by atoms with Crippen molar-refractivity contribution in [3.05, 3.63) is 53.6 Å². The molecule has 146 valence electrons. The topological polar surface area (TPSA) is 91.2 Å². The van der Waals surface area contributed by atoms with E-state index in [9.17, 15) is 4.79 Å². The third kappa shape index (κ3) is 4.80. The van der Waals surface area contributed by atoms with Crippen LogP contribution in [0.2, 0.25) is 0 Å². The highest BCUT2D eigenvalue weighted by atomic mass is 32.2. The summed E-state index contributed by atoms with van der Waals surface area (Å²) >= 11 is 1.26. The summed E-state index contributed by atoms with van der Waals surface area (Å²) in [7, 11) is 3.21. The monoisotopic (exact) mass is 399 g/mol. The largest absolute Gasteiger partial charge is 0.497 e. The van der Waals surface area contributed by atoms with Gasteiger partial charge in [0.15, 0.2) is 0 Å². The molecule has 0 aliphatic carbocycles. The molecule has 2 aromatic carbocycles. The Balaban J connectivity index is 1.62. The quantitative estimate of drug-likeness (QED) is 0.582. The first kappa shape index (κ1) is 19.7. The predicted octanol–water partition coefficient (Wildman–Crippen LogP) is 2.40. The van der Waals surface area contributed by atoms with Gasteiger partial charge in [0.25, 0.3) is 0 Å². The van der Waals surface area contributed by atoms with E-state index in [2.05, 4.69) is 20.8 Å². The molecule has 1 N–H and O–H groups in total. The van der Waals surface area contributed by atoms with Crippen LogP contribution in [0.3, 0.4) is 0 Å². The first-order chi connectivity index (χ1) is 13.6. The average Bonchev–Trinajstić information content (AvgIpc) is 3.19. The molecule has 0 bridgehead atoms. The fraction of sp³-hybridized carbons (Fsp3) is 0.263. The Labute approximate surface area is 167 Å². The molecule has 9 heteroatoms. The van der Waals surface area contributed by atoms with Crippen molar-refractivity contribution in [1.82, 2.24) is 25.5 Å². The number of tetrazole rings is 1. The highest BCUT2D eigenvalue weighted by molar-refractivity contribution is 7.99. The lowest BCUT2D eigenvalue weighted by Gasteiger charge is -2.10. The van der Waals surface area contributed by atoms with Gasteiger partial charge in [-0.2, -0.15) is 4.68 Å². The summed E-state index contributed by atoms with van der Waals surface area (Å²) in [4.78, 5) is 12.2. The normalized spacial score (nSPS) is 10.5. The number of amides is 1. The summed E-state index contributed by atoms with van der Waals surface area (Å²) < 4.78 is 12.2. The predicted molar refractivity (Wildman–Crippen MR) is 106 cm³/mol. The number of aryl methyl sites for hydroxylation is 1. The van der Waals surface area contributed by atoms with Gasteiger partial charge in [-0.15, -0.1) is 5.10 Å². The van der Waals surface area contributed by atoms with E-state index in [1.165, 1.54) is 11.8 Å². The number of benzene rings is 2. The van der Waals surface area contributed by atoms with Crippen LogP contribution in [0.1, 0.15) is 11.1 Å². The number of aromatic nitrogens is 4. The van der Waals surface area contributed by atoms with Crippen LogP contribution in [0, 0.1) is 6.92 Å². The van der Waals surface area contributed by atoms with Crippen molar-refractivity contribution in [2.75, 3.05) is 20.0 Å². The van der Waals surface area contributed by atoms with Gasteiger partial charge < -0.3 is 14.8 Å². The van der Waals surface area contributed by atoms with Crippen LogP contribution < -0.4 is 14.8 Å². The Morgan fingerprint density at radius 3 is 2.82 bits per heavy atom. The number of hydrogen-bond acceptors (Lipinski definition) is 7. The van der Waals surface area contributed by atoms with Gasteiger partial charge in [0.2, 0.25) is 11.1 Å². The maximum Gasteiger partial charge on any atom is 0.230 e. The van der Waals surface area contributed by atoms with E-state index in [0.29, 0.717) is 17.5 Å². The maximum atomic E-state index is 12.2. The van der Waals surface area contributed by atoms with E-state index in [1.54, 1.807) is 18.9 Å². The minimum absolute atomic E-state index is 0.112. The van der Waals surface area contributed by atoms with Gasteiger partial charge in [0, 0.05) is 6.54 Å². The zero-order valence-corrected chi connectivity index (χ0v) is 16.7. The van der Waals surface area contributed by atoms with Gasteiger partial charge in [-0.25, -0.2) is 0 Å². The van der Waals surface area contributed by atoms with Crippen molar-refractivity contribution in [2.45, 2.75) is 18.6 Å². The zero-order chi connectivity index (χ0) is 19.9. The van der Waals surface area contributed by atoms with Crippen molar-refractivity contribution in [3.63, 3.8) is 0 Å². The molecule has 0 fully saturated rings. The molecular weight excluding hydrogens is 378 g/mol. The van der Waals surface area contributed by atoms with E-state index in [-0.39, 0.29) is 11.7 Å². The van der Waals surface area contributed by atoms with E-state index >= 15 is 0 Å². The molecule has 1 heterocycles. The number of rotatable bonds is 8. The lowest BCUT2D eigenvalue weighted by molar-refractivity contribution is -0.118. The molecule has 0 atom stereocenters. The molecule has 1 amide bonds. The van der Waals surface area contributed by atoms with E-state index in [4.69, 9.17) is 9.47 Å². The molecule has 0 saturated heterocycles. The van der Waals surface area contributed by atoms with Gasteiger partial charge in [-0.1, -0.05) is 30.0 Å². The van der Waals surface area contributed by atoms with Crippen LogP contribution in [-0.4, -0.2) is 46.1 Å². The van der Waals surface area contributed by atoms with Gasteiger partial charge >= 0.3 is 0 Å².